The second-order valence-corrected chi connectivity index (χ2v) is 3.56. The Kier molecular flexibility index (Phi) is 3.80. The molecule has 0 aromatic carbocycles. The summed E-state index contributed by atoms with van der Waals surface area (Å²) in [5, 5.41) is 11.9. The first kappa shape index (κ1) is 12.0. The number of hydrogen-bond acceptors (Lipinski definition) is 5. The number of pyridine rings is 1. The van der Waals surface area contributed by atoms with Crippen molar-refractivity contribution in [2.24, 2.45) is 0 Å². The Labute approximate surface area is 104 Å². The topological polar surface area (TPSA) is 88.0 Å². The second kappa shape index (κ2) is 5.72. The van der Waals surface area contributed by atoms with Crippen molar-refractivity contribution in [2.75, 3.05) is 11.9 Å². The molecular weight excluding hydrogens is 232 g/mol. The lowest BCUT2D eigenvalue weighted by Gasteiger charge is -2.06. The zero-order valence-corrected chi connectivity index (χ0v) is 9.58. The second-order valence-electron chi connectivity index (χ2n) is 3.56. The molecule has 0 aliphatic heterocycles. The number of aromatic carboxylic acids is 1. The van der Waals surface area contributed by atoms with E-state index in [4.69, 9.17) is 5.11 Å². The fourth-order valence-electron chi connectivity index (χ4n) is 1.48. The SMILES string of the molecule is O=C(O)c1nccnc1NCCc1ccccn1. The van der Waals surface area contributed by atoms with Gasteiger partial charge in [-0.3, -0.25) is 4.98 Å². The summed E-state index contributed by atoms with van der Waals surface area (Å²) in [4.78, 5) is 22.8. The Bertz CT molecular complexity index is 531. The Morgan fingerprint density at radius 1 is 1.17 bits per heavy atom. The summed E-state index contributed by atoms with van der Waals surface area (Å²) in [7, 11) is 0. The minimum atomic E-state index is -1.09. The Morgan fingerprint density at radius 2 is 2.00 bits per heavy atom. The van der Waals surface area contributed by atoms with E-state index < -0.39 is 5.97 Å². The molecule has 2 heterocycles. The normalized spacial score (nSPS) is 10.0. The van der Waals surface area contributed by atoms with Gasteiger partial charge in [-0.05, 0) is 12.1 Å². The van der Waals surface area contributed by atoms with E-state index in [0.29, 0.717) is 13.0 Å². The van der Waals surface area contributed by atoms with Crippen molar-refractivity contribution in [3.8, 4) is 0 Å². The monoisotopic (exact) mass is 244 g/mol. The van der Waals surface area contributed by atoms with E-state index in [1.807, 2.05) is 18.2 Å². The van der Waals surface area contributed by atoms with Crippen LogP contribution in [0.1, 0.15) is 16.2 Å². The van der Waals surface area contributed by atoms with Crippen molar-refractivity contribution in [3.63, 3.8) is 0 Å². The molecule has 92 valence electrons. The van der Waals surface area contributed by atoms with Crippen LogP contribution >= 0.6 is 0 Å². The Hall–Kier alpha value is -2.50. The van der Waals surface area contributed by atoms with Crippen LogP contribution in [0.3, 0.4) is 0 Å². The van der Waals surface area contributed by atoms with E-state index >= 15 is 0 Å². The summed E-state index contributed by atoms with van der Waals surface area (Å²) in [6.45, 7) is 0.552. The number of carboxylic acid groups (broad SMARTS) is 1. The smallest absolute Gasteiger partial charge is 0.358 e. The largest absolute Gasteiger partial charge is 0.476 e. The first-order chi connectivity index (χ1) is 8.77. The predicted molar refractivity (Wildman–Crippen MR) is 65.4 cm³/mol. The summed E-state index contributed by atoms with van der Waals surface area (Å²) in [5.41, 5.74) is 0.865. The molecule has 0 bridgehead atoms. The number of hydrogen-bond donors (Lipinski definition) is 2. The standard InChI is InChI=1S/C12H12N4O2/c17-12(18)10-11(16-8-7-14-10)15-6-4-9-3-1-2-5-13-9/h1-3,5,7-8H,4,6H2,(H,15,16)(H,17,18). The lowest BCUT2D eigenvalue weighted by molar-refractivity contribution is 0.0691. The molecule has 0 unspecified atom stereocenters. The lowest BCUT2D eigenvalue weighted by Crippen LogP contribution is -2.12. The molecule has 0 aliphatic carbocycles. The van der Waals surface area contributed by atoms with Crippen molar-refractivity contribution in [1.82, 2.24) is 15.0 Å². The fraction of sp³-hybridized carbons (Fsp3) is 0.167. The number of carbonyl (C=O) groups is 1. The van der Waals surface area contributed by atoms with E-state index in [1.165, 1.54) is 12.4 Å². The molecular formula is C12H12N4O2. The number of aromatic nitrogens is 3. The third kappa shape index (κ3) is 3.00. The van der Waals surface area contributed by atoms with Crippen molar-refractivity contribution >= 4 is 11.8 Å². The zero-order valence-electron chi connectivity index (χ0n) is 9.58. The highest BCUT2D eigenvalue weighted by molar-refractivity contribution is 5.90. The average molecular weight is 244 g/mol. The molecule has 0 amide bonds. The van der Waals surface area contributed by atoms with Crippen molar-refractivity contribution in [1.29, 1.82) is 0 Å². The molecule has 2 aromatic heterocycles. The molecule has 0 saturated carbocycles. The van der Waals surface area contributed by atoms with Gasteiger partial charge in [0.05, 0.1) is 0 Å². The van der Waals surface area contributed by atoms with Crippen molar-refractivity contribution in [2.45, 2.75) is 6.42 Å². The van der Waals surface area contributed by atoms with Gasteiger partial charge in [0.15, 0.2) is 11.5 Å². The molecule has 18 heavy (non-hydrogen) atoms. The van der Waals surface area contributed by atoms with Gasteiger partial charge in [-0.1, -0.05) is 6.07 Å². The molecule has 0 spiro atoms. The van der Waals surface area contributed by atoms with Gasteiger partial charge in [-0.2, -0.15) is 0 Å². The van der Waals surface area contributed by atoms with Crippen LogP contribution in [0, 0.1) is 0 Å². The maximum absolute atomic E-state index is 10.9. The van der Waals surface area contributed by atoms with Crippen LogP contribution in [0.25, 0.3) is 0 Å². The molecule has 0 saturated heterocycles. The van der Waals surface area contributed by atoms with Gasteiger partial charge in [-0.25, -0.2) is 14.8 Å². The van der Waals surface area contributed by atoms with Gasteiger partial charge in [-0.15, -0.1) is 0 Å². The fourth-order valence-corrected chi connectivity index (χ4v) is 1.48. The van der Waals surface area contributed by atoms with Crippen LogP contribution in [0.5, 0.6) is 0 Å². The summed E-state index contributed by atoms with van der Waals surface area (Å²) in [6, 6.07) is 5.67. The van der Waals surface area contributed by atoms with Gasteiger partial charge in [0.1, 0.15) is 0 Å². The third-order valence-corrected chi connectivity index (χ3v) is 2.30. The highest BCUT2D eigenvalue weighted by atomic mass is 16.4. The maximum Gasteiger partial charge on any atom is 0.358 e. The molecule has 0 fully saturated rings. The van der Waals surface area contributed by atoms with Crippen LogP contribution in [0.4, 0.5) is 5.82 Å². The van der Waals surface area contributed by atoms with Gasteiger partial charge in [0.2, 0.25) is 0 Å². The summed E-state index contributed by atoms with van der Waals surface area (Å²) in [6.07, 6.45) is 5.22. The lowest BCUT2D eigenvalue weighted by atomic mass is 10.2. The number of nitrogens with one attached hydrogen (secondary N) is 1. The quantitative estimate of drug-likeness (QED) is 0.822. The minimum absolute atomic E-state index is 0.0708. The molecule has 2 aromatic rings. The maximum atomic E-state index is 10.9. The number of carboxylic acids is 1. The first-order valence-electron chi connectivity index (χ1n) is 5.45. The summed E-state index contributed by atoms with van der Waals surface area (Å²) >= 11 is 0. The minimum Gasteiger partial charge on any atom is -0.476 e. The van der Waals surface area contributed by atoms with E-state index in [9.17, 15) is 4.79 Å². The van der Waals surface area contributed by atoms with Gasteiger partial charge < -0.3 is 10.4 Å². The molecule has 0 atom stereocenters. The zero-order chi connectivity index (χ0) is 12.8. The summed E-state index contributed by atoms with van der Waals surface area (Å²) in [5.74, 6) is -0.815. The van der Waals surface area contributed by atoms with E-state index in [0.717, 1.165) is 5.69 Å². The Morgan fingerprint density at radius 3 is 2.72 bits per heavy atom. The molecule has 6 nitrogen and oxygen atoms in total. The van der Waals surface area contributed by atoms with Crippen LogP contribution in [0.15, 0.2) is 36.8 Å². The van der Waals surface area contributed by atoms with Gasteiger partial charge in [0, 0.05) is 37.3 Å². The first-order valence-corrected chi connectivity index (χ1v) is 5.45. The molecule has 0 radical (unpaired) electrons. The van der Waals surface area contributed by atoms with E-state index in [-0.39, 0.29) is 11.5 Å². The summed E-state index contributed by atoms with van der Waals surface area (Å²) < 4.78 is 0. The average Bonchev–Trinajstić information content (AvgIpc) is 2.40. The number of nitrogens with zero attached hydrogens (tertiary/aromatic N) is 3. The molecule has 2 N–H and O–H groups in total. The predicted octanol–water partition coefficient (Wildman–Crippen LogP) is 1.22. The molecule has 6 heteroatoms. The highest BCUT2D eigenvalue weighted by Gasteiger charge is 2.11. The molecule has 0 aliphatic rings. The highest BCUT2D eigenvalue weighted by Crippen LogP contribution is 2.07. The van der Waals surface area contributed by atoms with Crippen molar-refractivity contribution < 1.29 is 9.90 Å². The van der Waals surface area contributed by atoms with Crippen molar-refractivity contribution in [3.05, 3.63) is 48.2 Å². The van der Waals surface area contributed by atoms with E-state index in [1.54, 1.807) is 6.20 Å². The van der Waals surface area contributed by atoms with Gasteiger partial charge >= 0.3 is 5.97 Å². The van der Waals surface area contributed by atoms with Crippen LogP contribution in [-0.2, 0) is 6.42 Å². The van der Waals surface area contributed by atoms with Gasteiger partial charge in [0.25, 0.3) is 0 Å². The number of anilines is 1. The Balaban J connectivity index is 1.97. The van der Waals surface area contributed by atoms with Crippen LogP contribution in [-0.4, -0.2) is 32.6 Å². The van der Waals surface area contributed by atoms with E-state index in [2.05, 4.69) is 20.3 Å². The third-order valence-electron chi connectivity index (χ3n) is 2.30. The number of rotatable bonds is 5. The molecule has 2 rings (SSSR count). The van der Waals surface area contributed by atoms with Crippen LogP contribution < -0.4 is 5.32 Å². The van der Waals surface area contributed by atoms with Crippen LogP contribution in [0.2, 0.25) is 0 Å².